The third-order valence-electron chi connectivity index (χ3n) is 3.55. The molecule has 0 saturated carbocycles. The molecule has 0 aliphatic rings. The zero-order chi connectivity index (χ0) is 21.0. The van der Waals surface area contributed by atoms with Crippen LogP contribution in [0.1, 0.15) is 53.0 Å². The van der Waals surface area contributed by atoms with Gasteiger partial charge in [-0.15, -0.1) is 0 Å². The van der Waals surface area contributed by atoms with Gasteiger partial charge in [0.2, 0.25) is 0 Å². The maximum Gasteiger partial charge on any atom is 0.409 e. The molecule has 1 N–H and O–H groups in total. The van der Waals surface area contributed by atoms with Gasteiger partial charge in [-0.3, -0.25) is 10.1 Å². The van der Waals surface area contributed by atoms with E-state index < -0.39 is 30.0 Å². The van der Waals surface area contributed by atoms with Crippen molar-refractivity contribution >= 4 is 12.1 Å². The number of carbonyl (C=O) groups is 2. The highest BCUT2D eigenvalue weighted by Gasteiger charge is 2.28. The van der Waals surface area contributed by atoms with Gasteiger partial charge >= 0.3 is 12.1 Å². The Labute approximate surface area is 167 Å². The molecule has 0 aliphatic heterocycles. The summed E-state index contributed by atoms with van der Waals surface area (Å²) in [6.45, 7) is 9.82. The Hall–Kier alpha value is -2.12. The van der Waals surface area contributed by atoms with Gasteiger partial charge in [0.05, 0.1) is 6.61 Å². The fourth-order valence-electron chi connectivity index (χ4n) is 2.48. The predicted octanol–water partition coefficient (Wildman–Crippen LogP) is 3.80. The van der Waals surface area contributed by atoms with Crippen LogP contribution in [0.25, 0.3) is 0 Å². The van der Waals surface area contributed by atoms with Gasteiger partial charge < -0.3 is 18.9 Å². The highest BCUT2D eigenvalue weighted by molar-refractivity contribution is 5.68. The third-order valence-corrected chi connectivity index (χ3v) is 3.55. The number of alkyl carbamates (subject to hydrolysis) is 1. The lowest BCUT2D eigenvalue weighted by molar-refractivity contribution is -0.157. The summed E-state index contributed by atoms with van der Waals surface area (Å²) in [5.41, 5.74) is 0.459. The first-order valence-corrected chi connectivity index (χ1v) is 9.61. The van der Waals surface area contributed by atoms with Gasteiger partial charge in [-0.05, 0) is 46.1 Å². The summed E-state index contributed by atoms with van der Waals surface area (Å²) < 4.78 is 21.9. The third kappa shape index (κ3) is 10.9. The average molecular weight is 395 g/mol. The van der Waals surface area contributed by atoms with Crippen LogP contribution in [-0.4, -0.2) is 43.2 Å². The fourth-order valence-corrected chi connectivity index (χ4v) is 2.48. The smallest absolute Gasteiger partial charge is 0.409 e. The molecule has 0 radical (unpaired) electrons. The first-order chi connectivity index (χ1) is 13.2. The van der Waals surface area contributed by atoms with Crippen LogP contribution in [-0.2, 0) is 30.3 Å². The summed E-state index contributed by atoms with van der Waals surface area (Å²) >= 11 is 0. The molecule has 28 heavy (non-hydrogen) atoms. The first-order valence-electron chi connectivity index (χ1n) is 9.61. The molecular weight excluding hydrogens is 362 g/mol. The lowest BCUT2D eigenvalue weighted by Crippen LogP contribution is -2.48. The van der Waals surface area contributed by atoms with Gasteiger partial charge in [0, 0.05) is 20.1 Å². The van der Waals surface area contributed by atoms with Crippen molar-refractivity contribution in [3.63, 3.8) is 0 Å². The quantitative estimate of drug-likeness (QED) is 0.349. The normalized spacial score (nSPS) is 13.5. The Kier molecular flexibility index (Phi) is 10.6. The van der Waals surface area contributed by atoms with Crippen LogP contribution >= 0.6 is 0 Å². The molecule has 1 rings (SSSR count). The number of rotatable bonds is 11. The molecule has 0 aliphatic carbocycles. The van der Waals surface area contributed by atoms with Crippen molar-refractivity contribution < 1.29 is 28.5 Å². The van der Waals surface area contributed by atoms with E-state index in [1.54, 1.807) is 27.7 Å². The second-order valence-corrected chi connectivity index (χ2v) is 7.35. The van der Waals surface area contributed by atoms with Crippen molar-refractivity contribution in [3.8, 4) is 0 Å². The van der Waals surface area contributed by atoms with Crippen LogP contribution in [0.3, 0.4) is 0 Å². The number of hydrogen-bond acceptors (Lipinski definition) is 6. The second-order valence-electron chi connectivity index (χ2n) is 7.35. The van der Waals surface area contributed by atoms with Crippen LogP contribution in [0.15, 0.2) is 30.3 Å². The molecule has 0 aromatic heterocycles. The zero-order valence-electron chi connectivity index (χ0n) is 17.5. The first kappa shape index (κ1) is 23.9. The second kappa shape index (κ2) is 12.4. The van der Waals surface area contributed by atoms with Crippen molar-refractivity contribution in [2.75, 3.05) is 13.2 Å². The SMILES string of the molecule is CCOC(NC(=O)OC(C)(C)C)C(CCCOCc1ccccc1)OC(C)=O. The van der Waals surface area contributed by atoms with Crippen molar-refractivity contribution in [1.29, 1.82) is 0 Å². The van der Waals surface area contributed by atoms with Crippen LogP contribution < -0.4 is 5.32 Å². The molecule has 158 valence electrons. The summed E-state index contributed by atoms with van der Waals surface area (Å²) in [4.78, 5) is 23.6. The standard InChI is InChI=1S/C21H33NO6/c1-6-26-19(22-20(24)28-21(3,4)5)18(27-16(2)23)13-10-14-25-15-17-11-8-7-9-12-17/h7-9,11-12,18-19H,6,10,13-15H2,1-5H3,(H,22,24). The number of ether oxygens (including phenoxy) is 4. The summed E-state index contributed by atoms with van der Waals surface area (Å²) in [6.07, 6.45) is -0.925. The minimum Gasteiger partial charge on any atom is -0.458 e. The van der Waals surface area contributed by atoms with E-state index in [4.69, 9.17) is 18.9 Å². The molecule has 2 unspecified atom stereocenters. The molecule has 7 nitrogen and oxygen atoms in total. The Morgan fingerprint density at radius 3 is 2.39 bits per heavy atom. The van der Waals surface area contributed by atoms with Gasteiger partial charge in [0.25, 0.3) is 0 Å². The molecule has 0 heterocycles. The molecular formula is C21H33NO6. The Morgan fingerprint density at radius 1 is 1.14 bits per heavy atom. The number of benzene rings is 1. The molecule has 1 aromatic carbocycles. The number of hydrogen-bond donors (Lipinski definition) is 1. The molecule has 0 fully saturated rings. The molecule has 0 spiro atoms. The predicted molar refractivity (Wildman–Crippen MR) is 106 cm³/mol. The summed E-state index contributed by atoms with van der Waals surface area (Å²) in [6, 6.07) is 9.88. The van der Waals surface area contributed by atoms with Crippen LogP contribution in [0.2, 0.25) is 0 Å². The molecule has 0 saturated heterocycles. The molecule has 1 amide bonds. The summed E-state index contributed by atoms with van der Waals surface area (Å²) in [5, 5.41) is 2.65. The van der Waals surface area contributed by atoms with Gasteiger partial charge in [-0.1, -0.05) is 30.3 Å². The van der Waals surface area contributed by atoms with E-state index in [2.05, 4.69) is 5.32 Å². The van der Waals surface area contributed by atoms with E-state index >= 15 is 0 Å². The van der Waals surface area contributed by atoms with E-state index in [1.165, 1.54) is 6.92 Å². The Morgan fingerprint density at radius 2 is 1.82 bits per heavy atom. The van der Waals surface area contributed by atoms with Crippen molar-refractivity contribution in [3.05, 3.63) is 35.9 Å². The van der Waals surface area contributed by atoms with Crippen molar-refractivity contribution in [2.45, 2.75) is 72.0 Å². The maximum atomic E-state index is 12.1. The highest BCUT2D eigenvalue weighted by atomic mass is 16.6. The fraction of sp³-hybridized carbons (Fsp3) is 0.619. The van der Waals surface area contributed by atoms with E-state index in [1.807, 2.05) is 30.3 Å². The number of carbonyl (C=O) groups excluding carboxylic acids is 2. The summed E-state index contributed by atoms with van der Waals surface area (Å²) in [5.74, 6) is -0.439. The Bertz CT molecular complexity index is 584. The number of esters is 1. The van der Waals surface area contributed by atoms with Crippen LogP contribution in [0.5, 0.6) is 0 Å². The Balaban J connectivity index is 2.55. The lowest BCUT2D eigenvalue weighted by atomic mass is 10.1. The van der Waals surface area contributed by atoms with Gasteiger partial charge in [-0.2, -0.15) is 0 Å². The van der Waals surface area contributed by atoms with Crippen molar-refractivity contribution in [1.82, 2.24) is 5.32 Å². The zero-order valence-corrected chi connectivity index (χ0v) is 17.5. The maximum absolute atomic E-state index is 12.1. The number of amides is 1. The average Bonchev–Trinajstić information content (AvgIpc) is 2.59. The van der Waals surface area contributed by atoms with Crippen LogP contribution in [0.4, 0.5) is 4.79 Å². The number of nitrogens with one attached hydrogen (secondary N) is 1. The topological polar surface area (TPSA) is 83.1 Å². The molecule has 2 atom stereocenters. The summed E-state index contributed by atoms with van der Waals surface area (Å²) in [7, 11) is 0. The van der Waals surface area contributed by atoms with Gasteiger partial charge in [-0.25, -0.2) is 4.79 Å². The van der Waals surface area contributed by atoms with Gasteiger partial charge in [0.15, 0.2) is 6.23 Å². The van der Waals surface area contributed by atoms with E-state index in [0.717, 1.165) is 5.56 Å². The van der Waals surface area contributed by atoms with Crippen molar-refractivity contribution in [2.24, 2.45) is 0 Å². The highest BCUT2D eigenvalue weighted by Crippen LogP contribution is 2.13. The van der Waals surface area contributed by atoms with Crippen LogP contribution in [0, 0.1) is 0 Å². The van der Waals surface area contributed by atoms with Gasteiger partial charge in [0.1, 0.15) is 11.7 Å². The van der Waals surface area contributed by atoms with E-state index in [0.29, 0.717) is 32.7 Å². The minimum absolute atomic E-state index is 0.350. The molecule has 7 heteroatoms. The molecule has 1 aromatic rings. The minimum atomic E-state index is -0.794. The largest absolute Gasteiger partial charge is 0.458 e. The monoisotopic (exact) mass is 395 g/mol. The lowest BCUT2D eigenvalue weighted by Gasteiger charge is -2.28. The molecule has 0 bridgehead atoms. The van der Waals surface area contributed by atoms with E-state index in [9.17, 15) is 9.59 Å². The van der Waals surface area contributed by atoms with E-state index in [-0.39, 0.29) is 0 Å².